The van der Waals surface area contributed by atoms with Crippen LogP contribution in [0.1, 0.15) is 29.3 Å². The number of aromatic carboxylic acids is 1. The molecule has 6 heteroatoms. The molecule has 0 fully saturated rings. The Hall–Kier alpha value is -1.69. The van der Waals surface area contributed by atoms with Crippen LogP contribution < -0.4 is 0 Å². The van der Waals surface area contributed by atoms with Crippen molar-refractivity contribution in [2.24, 2.45) is 0 Å². The number of carboxylic acid groups (broad SMARTS) is 1. The molecule has 0 spiro atoms. The van der Waals surface area contributed by atoms with Gasteiger partial charge < -0.3 is 5.11 Å². The van der Waals surface area contributed by atoms with Crippen LogP contribution in [-0.4, -0.2) is 21.9 Å². The third-order valence-corrected chi connectivity index (χ3v) is 3.05. The average Bonchev–Trinajstić information content (AvgIpc) is 2.30. The zero-order valence-electron chi connectivity index (χ0n) is 10.2. The highest BCUT2D eigenvalue weighted by Crippen LogP contribution is 2.17. The summed E-state index contributed by atoms with van der Waals surface area (Å²) in [5.74, 6) is -2.81. The lowest BCUT2D eigenvalue weighted by molar-refractivity contribution is -0.109. The molecule has 0 heterocycles. The highest BCUT2D eigenvalue weighted by atomic mass is 32.2. The van der Waals surface area contributed by atoms with Gasteiger partial charge in [-0.05, 0) is 12.5 Å². The minimum atomic E-state index is -1.45. The lowest BCUT2D eigenvalue weighted by atomic mass is 10.1. The van der Waals surface area contributed by atoms with E-state index in [4.69, 9.17) is 5.11 Å². The number of carboxylic acids is 1. The van der Waals surface area contributed by atoms with Crippen molar-refractivity contribution < 1.29 is 23.5 Å². The van der Waals surface area contributed by atoms with Crippen molar-refractivity contribution in [3.8, 4) is 0 Å². The quantitative estimate of drug-likeness (QED) is 0.843. The molecule has 0 aliphatic heterocycles. The second-order valence-electron chi connectivity index (χ2n) is 3.69. The summed E-state index contributed by atoms with van der Waals surface area (Å²) in [6.45, 7) is 1.45. The van der Waals surface area contributed by atoms with Gasteiger partial charge in [-0.3, -0.25) is 4.79 Å². The van der Waals surface area contributed by atoms with Crippen molar-refractivity contribution in [2.45, 2.75) is 13.3 Å². The normalized spacial score (nSPS) is 10.9. The SMILES string of the molecule is CC(=O)SCCC=Cc1cc(C(=O)O)c(F)cc1F. The van der Waals surface area contributed by atoms with Crippen LogP contribution in [0.5, 0.6) is 0 Å². The summed E-state index contributed by atoms with van der Waals surface area (Å²) < 4.78 is 26.5. The zero-order valence-corrected chi connectivity index (χ0v) is 11.0. The fraction of sp³-hybridized carbons (Fsp3) is 0.231. The zero-order chi connectivity index (χ0) is 14.4. The summed E-state index contributed by atoms with van der Waals surface area (Å²) in [4.78, 5) is 21.4. The van der Waals surface area contributed by atoms with E-state index >= 15 is 0 Å². The minimum absolute atomic E-state index is 0.00507. The van der Waals surface area contributed by atoms with Crippen LogP contribution in [0, 0.1) is 11.6 Å². The molecule has 0 amide bonds. The number of carbonyl (C=O) groups is 2. The molecule has 0 radical (unpaired) electrons. The predicted octanol–water partition coefficient (Wildman–Crippen LogP) is 3.35. The predicted molar refractivity (Wildman–Crippen MR) is 70.1 cm³/mol. The molecule has 0 saturated heterocycles. The lowest BCUT2D eigenvalue weighted by Gasteiger charge is -2.01. The molecule has 0 aliphatic rings. The van der Waals surface area contributed by atoms with E-state index in [-0.39, 0.29) is 10.7 Å². The molecule has 0 bridgehead atoms. The van der Waals surface area contributed by atoms with Gasteiger partial charge in [0.05, 0.1) is 5.56 Å². The van der Waals surface area contributed by atoms with Gasteiger partial charge in [0.1, 0.15) is 11.6 Å². The second-order valence-corrected chi connectivity index (χ2v) is 4.96. The van der Waals surface area contributed by atoms with E-state index in [2.05, 4.69) is 0 Å². The van der Waals surface area contributed by atoms with Crippen molar-refractivity contribution in [2.75, 3.05) is 5.75 Å². The van der Waals surface area contributed by atoms with Gasteiger partial charge in [-0.15, -0.1) is 0 Å². The molecule has 3 nitrogen and oxygen atoms in total. The Morgan fingerprint density at radius 1 is 1.32 bits per heavy atom. The van der Waals surface area contributed by atoms with Crippen LogP contribution in [0.25, 0.3) is 6.08 Å². The molecule has 1 aromatic carbocycles. The largest absolute Gasteiger partial charge is 0.478 e. The van der Waals surface area contributed by atoms with Gasteiger partial charge in [-0.1, -0.05) is 23.9 Å². The number of thioether (sulfide) groups is 1. The minimum Gasteiger partial charge on any atom is -0.478 e. The number of hydrogen-bond donors (Lipinski definition) is 1. The van der Waals surface area contributed by atoms with Crippen LogP contribution in [0.3, 0.4) is 0 Å². The third kappa shape index (κ3) is 4.82. The monoisotopic (exact) mass is 286 g/mol. The van der Waals surface area contributed by atoms with Crippen LogP contribution >= 0.6 is 11.8 Å². The molecule has 102 valence electrons. The fourth-order valence-corrected chi connectivity index (χ4v) is 1.88. The van der Waals surface area contributed by atoms with E-state index in [1.54, 1.807) is 6.08 Å². The molecule has 1 rings (SSSR count). The molecule has 0 aromatic heterocycles. The van der Waals surface area contributed by atoms with E-state index in [9.17, 15) is 18.4 Å². The van der Waals surface area contributed by atoms with Gasteiger partial charge in [0.15, 0.2) is 5.12 Å². The van der Waals surface area contributed by atoms with Gasteiger partial charge >= 0.3 is 5.97 Å². The van der Waals surface area contributed by atoms with Gasteiger partial charge in [-0.25, -0.2) is 13.6 Å². The first-order valence-corrected chi connectivity index (χ1v) is 6.42. The van der Waals surface area contributed by atoms with Crippen LogP contribution in [0.2, 0.25) is 0 Å². The summed E-state index contributed by atoms with van der Waals surface area (Å²) in [5, 5.41) is 8.72. The van der Waals surface area contributed by atoms with Gasteiger partial charge in [-0.2, -0.15) is 0 Å². The number of rotatable bonds is 5. The van der Waals surface area contributed by atoms with Crippen LogP contribution in [-0.2, 0) is 4.79 Å². The average molecular weight is 286 g/mol. The number of carbonyl (C=O) groups excluding carboxylic acids is 1. The molecular formula is C13H12F2O3S. The van der Waals surface area contributed by atoms with Gasteiger partial charge in [0, 0.05) is 24.3 Å². The lowest BCUT2D eigenvalue weighted by Crippen LogP contribution is -2.02. The summed E-state index contributed by atoms with van der Waals surface area (Å²) in [7, 11) is 0. The van der Waals surface area contributed by atoms with Gasteiger partial charge in [0.2, 0.25) is 0 Å². The smallest absolute Gasteiger partial charge is 0.338 e. The summed E-state index contributed by atoms with van der Waals surface area (Å²) in [6.07, 6.45) is 3.52. The van der Waals surface area contributed by atoms with E-state index in [0.29, 0.717) is 18.2 Å². The maximum Gasteiger partial charge on any atom is 0.338 e. The highest BCUT2D eigenvalue weighted by molar-refractivity contribution is 8.13. The topological polar surface area (TPSA) is 54.4 Å². The Morgan fingerprint density at radius 3 is 2.58 bits per heavy atom. The Labute approximate surface area is 113 Å². The molecule has 1 aromatic rings. The molecule has 0 atom stereocenters. The number of benzene rings is 1. The van der Waals surface area contributed by atoms with Crippen molar-refractivity contribution in [3.63, 3.8) is 0 Å². The standard InChI is InChI=1S/C13H12F2O3S/c1-8(16)19-5-3-2-4-9-6-10(13(17)18)12(15)7-11(9)14/h2,4,6-7H,3,5H2,1H3,(H,17,18). The molecule has 19 heavy (non-hydrogen) atoms. The van der Waals surface area contributed by atoms with Crippen LogP contribution in [0.15, 0.2) is 18.2 Å². The maximum atomic E-state index is 13.4. The molecule has 1 N–H and O–H groups in total. The molecule has 0 unspecified atom stereocenters. The Kier molecular flexibility index (Phi) is 5.69. The highest BCUT2D eigenvalue weighted by Gasteiger charge is 2.13. The van der Waals surface area contributed by atoms with Gasteiger partial charge in [0.25, 0.3) is 0 Å². The third-order valence-electron chi connectivity index (χ3n) is 2.20. The molecule has 0 aliphatic carbocycles. The second kappa shape index (κ2) is 7.04. The van der Waals surface area contributed by atoms with Crippen molar-refractivity contribution >= 4 is 28.9 Å². The molecule has 0 saturated carbocycles. The maximum absolute atomic E-state index is 13.4. The first-order valence-electron chi connectivity index (χ1n) is 5.44. The number of halogens is 2. The fourth-order valence-electron chi connectivity index (χ4n) is 1.34. The summed E-state index contributed by atoms with van der Waals surface area (Å²) >= 11 is 1.14. The number of hydrogen-bond acceptors (Lipinski definition) is 3. The first-order chi connectivity index (χ1) is 8.91. The molecular weight excluding hydrogens is 274 g/mol. The van der Waals surface area contributed by atoms with E-state index in [1.165, 1.54) is 13.0 Å². The van der Waals surface area contributed by atoms with Crippen LogP contribution in [0.4, 0.5) is 8.78 Å². The Bertz CT molecular complexity index is 527. The van der Waals surface area contributed by atoms with E-state index in [1.807, 2.05) is 0 Å². The Morgan fingerprint density at radius 2 is 2.00 bits per heavy atom. The summed E-state index contributed by atoms with van der Waals surface area (Å²) in [5.41, 5.74) is -0.564. The summed E-state index contributed by atoms with van der Waals surface area (Å²) in [6, 6.07) is 1.50. The van der Waals surface area contributed by atoms with Crippen molar-refractivity contribution in [3.05, 3.63) is 41.0 Å². The van der Waals surface area contributed by atoms with E-state index < -0.39 is 23.2 Å². The Balaban J connectivity index is 2.77. The van der Waals surface area contributed by atoms with Crippen molar-refractivity contribution in [1.29, 1.82) is 0 Å². The first kappa shape index (κ1) is 15.4. The number of allylic oxidation sites excluding steroid dienone is 1. The van der Waals surface area contributed by atoms with Crippen molar-refractivity contribution in [1.82, 2.24) is 0 Å². The van der Waals surface area contributed by atoms with E-state index in [0.717, 1.165) is 17.8 Å².